The van der Waals surface area contributed by atoms with Gasteiger partial charge in [0.15, 0.2) is 5.75 Å². The Morgan fingerprint density at radius 2 is 2.11 bits per heavy atom. The smallest absolute Gasteiger partial charge is 0.160 e. The molecule has 1 aromatic rings. The number of hydrogen-bond acceptors (Lipinski definition) is 3. The fourth-order valence-corrected chi connectivity index (χ4v) is 2.30. The van der Waals surface area contributed by atoms with Crippen LogP contribution in [0.2, 0.25) is 0 Å². The van der Waals surface area contributed by atoms with Crippen LogP contribution in [0, 0.1) is 0 Å². The van der Waals surface area contributed by atoms with Crippen LogP contribution in [0.5, 0.6) is 5.75 Å². The summed E-state index contributed by atoms with van der Waals surface area (Å²) < 4.78 is 7.55. The number of aryl methyl sites for hydroxylation is 1. The van der Waals surface area contributed by atoms with E-state index >= 15 is 0 Å². The van der Waals surface area contributed by atoms with Crippen molar-refractivity contribution in [1.29, 1.82) is 0 Å². The third kappa shape index (κ3) is 4.86. The van der Waals surface area contributed by atoms with Gasteiger partial charge in [-0.3, -0.25) is 4.68 Å². The highest BCUT2D eigenvalue weighted by atomic mass is 16.5. The topological polar surface area (TPSA) is 47.3 Å². The van der Waals surface area contributed by atoms with E-state index < -0.39 is 0 Å². The normalized spacial score (nSPS) is 12.6. The molecule has 1 atom stereocenters. The number of aliphatic hydroxyl groups excluding tert-OH is 1. The molecule has 4 heteroatoms. The molecule has 0 aromatic carbocycles. The van der Waals surface area contributed by atoms with Gasteiger partial charge in [0.2, 0.25) is 0 Å². The van der Waals surface area contributed by atoms with Crippen LogP contribution in [0.25, 0.3) is 0 Å². The molecule has 0 saturated heterocycles. The third-order valence-corrected chi connectivity index (χ3v) is 3.46. The molecule has 0 bridgehead atoms. The lowest BCUT2D eigenvalue weighted by Gasteiger charge is -2.14. The summed E-state index contributed by atoms with van der Waals surface area (Å²) in [6, 6.07) is 0. The molecule has 0 fully saturated rings. The van der Waals surface area contributed by atoms with E-state index in [1.165, 1.54) is 25.7 Å². The van der Waals surface area contributed by atoms with Crippen LogP contribution in [0.1, 0.15) is 64.5 Å². The van der Waals surface area contributed by atoms with Gasteiger partial charge in [-0.25, -0.2) is 0 Å². The van der Waals surface area contributed by atoms with Crippen molar-refractivity contribution >= 4 is 0 Å². The molecule has 4 nitrogen and oxygen atoms in total. The predicted octanol–water partition coefficient (Wildman–Crippen LogP) is 3.35. The summed E-state index contributed by atoms with van der Waals surface area (Å²) in [6.45, 7) is 7.74. The predicted molar refractivity (Wildman–Crippen MR) is 77.7 cm³/mol. The van der Waals surface area contributed by atoms with E-state index in [4.69, 9.17) is 9.84 Å². The molecule has 1 unspecified atom stereocenters. The van der Waals surface area contributed by atoms with Crippen LogP contribution in [0.15, 0.2) is 6.20 Å². The first-order valence-electron chi connectivity index (χ1n) is 7.57. The van der Waals surface area contributed by atoms with E-state index in [-0.39, 0.29) is 6.61 Å². The Morgan fingerprint density at radius 3 is 2.68 bits per heavy atom. The van der Waals surface area contributed by atoms with Crippen molar-refractivity contribution in [2.24, 2.45) is 0 Å². The highest BCUT2D eigenvalue weighted by Crippen LogP contribution is 2.31. The summed E-state index contributed by atoms with van der Waals surface area (Å²) >= 11 is 0. The van der Waals surface area contributed by atoms with E-state index in [0.717, 1.165) is 24.4 Å². The van der Waals surface area contributed by atoms with Gasteiger partial charge in [0.25, 0.3) is 0 Å². The maximum absolute atomic E-state index is 8.90. The van der Waals surface area contributed by atoms with Crippen LogP contribution in [-0.4, -0.2) is 28.1 Å². The number of nitrogens with zero attached hydrogens (tertiary/aromatic N) is 2. The van der Waals surface area contributed by atoms with Gasteiger partial charge in [-0.2, -0.15) is 5.10 Å². The first kappa shape index (κ1) is 16.0. The summed E-state index contributed by atoms with van der Waals surface area (Å²) in [5.74, 6) is 1.31. The van der Waals surface area contributed by atoms with Gasteiger partial charge in [0, 0.05) is 12.5 Å². The van der Waals surface area contributed by atoms with Gasteiger partial charge in [-0.15, -0.1) is 0 Å². The zero-order valence-electron chi connectivity index (χ0n) is 12.6. The second kappa shape index (κ2) is 8.97. The highest BCUT2D eigenvalue weighted by Gasteiger charge is 2.19. The Labute approximate surface area is 116 Å². The van der Waals surface area contributed by atoms with Gasteiger partial charge in [-0.1, -0.05) is 33.1 Å². The number of aliphatic hydroxyl groups is 1. The Bertz CT molecular complexity index is 350. The Kier molecular flexibility index (Phi) is 7.56. The molecule has 0 aliphatic heterocycles. The number of aromatic nitrogens is 2. The van der Waals surface area contributed by atoms with Gasteiger partial charge in [0.1, 0.15) is 12.3 Å². The molecule has 1 heterocycles. The van der Waals surface area contributed by atoms with Crippen molar-refractivity contribution in [2.75, 3.05) is 13.2 Å². The lowest BCUT2D eigenvalue weighted by molar-refractivity contribution is 0.199. The summed E-state index contributed by atoms with van der Waals surface area (Å²) in [4.78, 5) is 0. The molecule has 1 N–H and O–H groups in total. The van der Waals surface area contributed by atoms with Gasteiger partial charge < -0.3 is 9.84 Å². The second-order valence-electron chi connectivity index (χ2n) is 4.91. The standard InChI is InChI=1S/C15H28N2O2/c1-4-7-8-9-13(5-2)15-14(19-11-10-18)12-17(6-3)16-15/h12-13,18H,4-11H2,1-3H3. The minimum absolute atomic E-state index is 0.0450. The first-order valence-corrected chi connectivity index (χ1v) is 7.57. The van der Waals surface area contributed by atoms with Gasteiger partial charge in [0.05, 0.1) is 12.8 Å². The number of rotatable bonds is 10. The molecule has 1 rings (SSSR count). The lowest BCUT2D eigenvalue weighted by Crippen LogP contribution is -2.06. The SMILES string of the molecule is CCCCCC(CC)c1nn(CC)cc1OCCO. The van der Waals surface area contributed by atoms with E-state index in [9.17, 15) is 0 Å². The van der Waals surface area contributed by atoms with Crippen LogP contribution < -0.4 is 4.74 Å². The first-order chi connectivity index (χ1) is 9.26. The molecule has 1 aromatic heterocycles. The average molecular weight is 268 g/mol. The van der Waals surface area contributed by atoms with Crippen molar-refractivity contribution in [3.63, 3.8) is 0 Å². The van der Waals surface area contributed by atoms with Gasteiger partial charge in [-0.05, 0) is 19.8 Å². The molecule has 19 heavy (non-hydrogen) atoms. The van der Waals surface area contributed by atoms with Crippen LogP contribution in [0.3, 0.4) is 0 Å². The highest BCUT2D eigenvalue weighted by molar-refractivity contribution is 5.28. The second-order valence-corrected chi connectivity index (χ2v) is 4.91. The van der Waals surface area contributed by atoms with Crippen LogP contribution in [-0.2, 0) is 6.54 Å². The van der Waals surface area contributed by atoms with Crippen LogP contribution >= 0.6 is 0 Å². The number of hydrogen-bond donors (Lipinski definition) is 1. The maximum Gasteiger partial charge on any atom is 0.160 e. The molecule has 110 valence electrons. The van der Waals surface area contributed by atoms with Gasteiger partial charge >= 0.3 is 0 Å². The largest absolute Gasteiger partial charge is 0.488 e. The molecule has 0 radical (unpaired) electrons. The molecule has 0 aliphatic rings. The molecule has 0 spiro atoms. The zero-order chi connectivity index (χ0) is 14.1. The summed E-state index contributed by atoms with van der Waals surface area (Å²) in [5, 5.41) is 13.5. The Morgan fingerprint density at radius 1 is 1.32 bits per heavy atom. The fourth-order valence-electron chi connectivity index (χ4n) is 2.30. The van der Waals surface area contributed by atoms with E-state index in [2.05, 4.69) is 25.9 Å². The minimum atomic E-state index is 0.0450. The Hall–Kier alpha value is -1.03. The third-order valence-electron chi connectivity index (χ3n) is 3.46. The Balaban J connectivity index is 2.77. The lowest BCUT2D eigenvalue weighted by atomic mass is 9.95. The average Bonchev–Trinajstić information content (AvgIpc) is 2.84. The minimum Gasteiger partial charge on any atom is -0.488 e. The number of ether oxygens (including phenoxy) is 1. The molecular weight excluding hydrogens is 240 g/mol. The van der Waals surface area contributed by atoms with E-state index in [1.54, 1.807) is 0 Å². The summed E-state index contributed by atoms with van der Waals surface area (Å²) in [5.41, 5.74) is 1.06. The molecule has 0 amide bonds. The van der Waals surface area contributed by atoms with Crippen molar-refractivity contribution < 1.29 is 9.84 Å². The zero-order valence-corrected chi connectivity index (χ0v) is 12.6. The van der Waals surface area contributed by atoms with Crippen LogP contribution in [0.4, 0.5) is 0 Å². The van der Waals surface area contributed by atoms with Crippen molar-refractivity contribution in [2.45, 2.75) is 65.3 Å². The van der Waals surface area contributed by atoms with E-state index in [0.29, 0.717) is 12.5 Å². The number of unbranched alkanes of at least 4 members (excludes halogenated alkanes) is 2. The molecule has 0 aliphatic carbocycles. The summed E-state index contributed by atoms with van der Waals surface area (Å²) in [7, 11) is 0. The quantitative estimate of drug-likeness (QED) is 0.662. The maximum atomic E-state index is 8.90. The summed E-state index contributed by atoms with van der Waals surface area (Å²) in [6.07, 6.45) is 7.97. The molecular formula is C15H28N2O2. The van der Waals surface area contributed by atoms with Crippen molar-refractivity contribution in [1.82, 2.24) is 9.78 Å². The van der Waals surface area contributed by atoms with Crippen molar-refractivity contribution in [3.05, 3.63) is 11.9 Å². The molecule has 0 saturated carbocycles. The monoisotopic (exact) mass is 268 g/mol. The van der Waals surface area contributed by atoms with E-state index in [1.807, 2.05) is 10.9 Å². The van der Waals surface area contributed by atoms with Crippen molar-refractivity contribution in [3.8, 4) is 5.75 Å². The fraction of sp³-hybridized carbons (Fsp3) is 0.800.